The highest BCUT2D eigenvalue weighted by atomic mass is 35.5. The fourth-order valence-electron chi connectivity index (χ4n) is 5.57. The summed E-state index contributed by atoms with van der Waals surface area (Å²) < 4.78 is 45.1. The number of hydrogen-bond acceptors (Lipinski definition) is 9. The third-order valence-electron chi connectivity index (χ3n) is 8.08. The third-order valence-corrected chi connectivity index (χ3v) is 8.33. The second-order valence-corrected chi connectivity index (χ2v) is 11.9. The van der Waals surface area contributed by atoms with Crippen LogP contribution in [-0.4, -0.2) is 93.7 Å². The number of hydroxylamine groups is 2. The molecular formula is C26H33ClF3N7O4. The van der Waals surface area contributed by atoms with Crippen molar-refractivity contribution >= 4 is 35.4 Å². The van der Waals surface area contributed by atoms with Gasteiger partial charge in [-0.15, -0.1) is 5.10 Å². The molecule has 0 bridgehead atoms. The van der Waals surface area contributed by atoms with Crippen LogP contribution in [-0.2, 0) is 25.6 Å². The van der Waals surface area contributed by atoms with E-state index in [4.69, 9.17) is 22.1 Å². The first-order valence-corrected chi connectivity index (χ1v) is 13.9. The molecule has 1 unspecified atom stereocenters. The number of benzene rings is 1. The topological polar surface area (TPSA) is 130 Å². The summed E-state index contributed by atoms with van der Waals surface area (Å²) in [5, 5.41) is 7.98. The van der Waals surface area contributed by atoms with Gasteiger partial charge in [-0.05, 0) is 48.8 Å². The number of hydrogen-bond donors (Lipinski definition) is 2. The monoisotopic (exact) mass is 599 g/mol. The first-order chi connectivity index (χ1) is 19.3. The lowest BCUT2D eigenvalue weighted by molar-refractivity contribution is -0.244. The number of alkyl halides is 3. The molecule has 0 radical (unpaired) electrons. The zero-order chi connectivity index (χ0) is 29.5. The number of rotatable bonds is 6. The normalized spacial score (nSPS) is 25.1. The van der Waals surface area contributed by atoms with Gasteiger partial charge >= 0.3 is 12.1 Å². The fourth-order valence-corrected chi connectivity index (χ4v) is 5.70. The number of halogens is 4. The molecule has 0 spiro atoms. The van der Waals surface area contributed by atoms with Crippen molar-refractivity contribution in [2.45, 2.75) is 69.9 Å². The van der Waals surface area contributed by atoms with Crippen molar-refractivity contribution in [1.82, 2.24) is 25.1 Å². The number of carbonyl (C=O) groups excluding carboxylic acids is 2. The summed E-state index contributed by atoms with van der Waals surface area (Å²) in [7, 11) is 0. The van der Waals surface area contributed by atoms with Crippen molar-refractivity contribution < 1.29 is 32.3 Å². The van der Waals surface area contributed by atoms with E-state index in [-0.39, 0.29) is 31.2 Å². The Morgan fingerprint density at radius 1 is 1.24 bits per heavy atom. The van der Waals surface area contributed by atoms with E-state index in [0.29, 0.717) is 42.0 Å². The number of nitrogens with one attached hydrogen (secondary N) is 1. The molecule has 3 fully saturated rings. The number of aromatic nitrogens is 3. The van der Waals surface area contributed by atoms with E-state index in [1.54, 1.807) is 13.8 Å². The highest BCUT2D eigenvalue weighted by Crippen LogP contribution is 2.49. The van der Waals surface area contributed by atoms with Gasteiger partial charge in [0.1, 0.15) is 0 Å². The number of anilines is 2. The van der Waals surface area contributed by atoms with Gasteiger partial charge in [0.15, 0.2) is 6.10 Å². The number of nitrogens with zero attached hydrogens (tertiary/aromatic N) is 5. The fraction of sp³-hybridized carbons (Fsp3) is 0.615. The summed E-state index contributed by atoms with van der Waals surface area (Å²) in [5.74, 6) is -2.47. The Hall–Kier alpha value is -3.10. The number of carbonyl (C=O) groups is 2. The Balaban J connectivity index is 1.33. The minimum absolute atomic E-state index is 0.0579. The van der Waals surface area contributed by atoms with Gasteiger partial charge in [-0.3, -0.25) is 9.69 Å². The lowest BCUT2D eigenvalue weighted by Crippen LogP contribution is -2.60. The van der Waals surface area contributed by atoms with E-state index < -0.39 is 35.6 Å². The highest BCUT2D eigenvalue weighted by molar-refractivity contribution is 6.30. The van der Waals surface area contributed by atoms with Gasteiger partial charge in [-0.1, -0.05) is 37.6 Å². The zero-order valence-electron chi connectivity index (χ0n) is 22.7. The Morgan fingerprint density at radius 3 is 2.46 bits per heavy atom. The van der Waals surface area contributed by atoms with Crippen molar-refractivity contribution in [2.24, 2.45) is 5.41 Å². The minimum Gasteiger partial charge on any atom is -0.368 e. The van der Waals surface area contributed by atoms with Crippen LogP contribution in [0.25, 0.3) is 0 Å². The Labute approximate surface area is 240 Å². The lowest BCUT2D eigenvalue weighted by Gasteiger charge is -2.46. The van der Waals surface area contributed by atoms with Crippen molar-refractivity contribution in [3.8, 4) is 0 Å². The maximum absolute atomic E-state index is 13.6. The number of amides is 1. The average Bonchev–Trinajstić information content (AvgIpc) is 3.33. The first-order valence-electron chi connectivity index (χ1n) is 13.5. The summed E-state index contributed by atoms with van der Waals surface area (Å²) in [6.45, 7) is 5.21. The molecule has 5 rings (SSSR count). The molecule has 2 aromatic rings. The summed E-state index contributed by atoms with van der Waals surface area (Å²) in [5.41, 5.74) is 6.23. The van der Waals surface area contributed by atoms with Crippen molar-refractivity contribution in [2.75, 3.05) is 36.9 Å². The van der Waals surface area contributed by atoms with E-state index in [0.717, 1.165) is 18.4 Å². The summed E-state index contributed by atoms with van der Waals surface area (Å²) in [6.07, 6.45) is -3.84. The smallest absolute Gasteiger partial charge is 0.368 e. The standard InChI is InChI=1S/C26H33ClF3N7O4/c1-25(2)12-20(25)37(41-22(39)26(28,29)30)21(38)19-13-36(18(14-40-19)11-15-3-5-16(27)6-4-15)17-7-9-35(10-8-17)24-32-23(31)33-34-24/h3-6,17-20H,7-14H2,1-2H3,(H3,31,32,33,34)/t18-,19+,20?/m0/s1. The van der Waals surface area contributed by atoms with Gasteiger partial charge < -0.3 is 20.2 Å². The second kappa shape index (κ2) is 11.3. The van der Waals surface area contributed by atoms with Crippen LogP contribution in [0.2, 0.25) is 5.02 Å². The van der Waals surface area contributed by atoms with E-state index >= 15 is 0 Å². The summed E-state index contributed by atoms with van der Waals surface area (Å²) in [6, 6.07) is 6.78. The van der Waals surface area contributed by atoms with Crippen LogP contribution in [0.4, 0.5) is 25.1 Å². The molecule has 3 aliphatic rings. The van der Waals surface area contributed by atoms with Crippen LogP contribution in [0, 0.1) is 5.41 Å². The zero-order valence-corrected chi connectivity index (χ0v) is 23.5. The van der Waals surface area contributed by atoms with Crippen LogP contribution in [0.5, 0.6) is 0 Å². The predicted molar refractivity (Wildman–Crippen MR) is 143 cm³/mol. The van der Waals surface area contributed by atoms with Crippen LogP contribution in [0.15, 0.2) is 24.3 Å². The number of ether oxygens (including phenoxy) is 1. The predicted octanol–water partition coefficient (Wildman–Crippen LogP) is 2.97. The second-order valence-electron chi connectivity index (χ2n) is 11.5. The van der Waals surface area contributed by atoms with E-state index in [2.05, 4.69) is 24.9 Å². The van der Waals surface area contributed by atoms with E-state index in [1.807, 2.05) is 29.2 Å². The molecule has 1 amide bonds. The molecule has 224 valence electrons. The summed E-state index contributed by atoms with van der Waals surface area (Å²) in [4.78, 5) is 38.4. The molecule has 1 saturated carbocycles. The highest BCUT2D eigenvalue weighted by Gasteiger charge is 2.56. The number of nitrogens with two attached hydrogens (primary N) is 1. The number of nitrogen functional groups attached to an aromatic ring is 1. The molecule has 2 saturated heterocycles. The number of aromatic amines is 1. The third kappa shape index (κ3) is 6.70. The van der Waals surface area contributed by atoms with Crippen molar-refractivity contribution in [3.05, 3.63) is 34.9 Å². The molecule has 1 aliphatic carbocycles. The lowest BCUT2D eigenvalue weighted by atomic mass is 9.96. The van der Waals surface area contributed by atoms with Gasteiger partial charge in [0.25, 0.3) is 5.91 Å². The van der Waals surface area contributed by atoms with Gasteiger partial charge in [-0.2, -0.15) is 23.2 Å². The first kappa shape index (κ1) is 29.4. The molecular weight excluding hydrogens is 567 g/mol. The number of H-pyrrole nitrogens is 1. The van der Waals surface area contributed by atoms with Gasteiger partial charge in [0.05, 0.1) is 12.6 Å². The van der Waals surface area contributed by atoms with Gasteiger partial charge in [-0.25, -0.2) is 9.89 Å². The Bertz CT molecular complexity index is 1250. The SMILES string of the molecule is CC1(C)CC1N(OC(=O)C(F)(F)F)C(=O)[C@H]1CN(C2CCN(c3n[nH]c(N)n3)CC2)[C@@H](Cc2ccc(Cl)cc2)CO1. The maximum Gasteiger partial charge on any atom is 0.493 e. The summed E-state index contributed by atoms with van der Waals surface area (Å²) >= 11 is 6.06. The van der Waals surface area contributed by atoms with Crippen LogP contribution >= 0.6 is 11.6 Å². The van der Waals surface area contributed by atoms with Gasteiger partial charge in [0.2, 0.25) is 11.9 Å². The molecule has 2 aliphatic heterocycles. The van der Waals surface area contributed by atoms with Crippen LogP contribution in [0.1, 0.15) is 38.7 Å². The van der Waals surface area contributed by atoms with Crippen LogP contribution < -0.4 is 10.6 Å². The van der Waals surface area contributed by atoms with Crippen molar-refractivity contribution in [3.63, 3.8) is 0 Å². The molecule has 3 N–H and O–H groups in total. The largest absolute Gasteiger partial charge is 0.493 e. The Kier molecular flexibility index (Phi) is 8.09. The Morgan fingerprint density at radius 2 is 1.90 bits per heavy atom. The maximum atomic E-state index is 13.6. The molecule has 3 atom stereocenters. The molecule has 15 heteroatoms. The van der Waals surface area contributed by atoms with Gasteiger partial charge in [0, 0.05) is 36.7 Å². The molecule has 1 aromatic heterocycles. The molecule has 41 heavy (non-hydrogen) atoms. The molecule has 11 nitrogen and oxygen atoms in total. The van der Waals surface area contributed by atoms with E-state index in [1.165, 1.54) is 0 Å². The van der Waals surface area contributed by atoms with E-state index in [9.17, 15) is 22.8 Å². The minimum atomic E-state index is -5.23. The molecule has 3 heterocycles. The number of morpholine rings is 1. The quantitative estimate of drug-likeness (QED) is 0.481. The van der Waals surface area contributed by atoms with Crippen LogP contribution in [0.3, 0.4) is 0 Å². The number of piperidine rings is 1. The average molecular weight is 600 g/mol. The van der Waals surface area contributed by atoms with Crippen molar-refractivity contribution in [1.29, 1.82) is 0 Å². The molecule has 1 aromatic carbocycles.